The highest BCUT2D eigenvalue weighted by molar-refractivity contribution is 7.22. The van der Waals surface area contributed by atoms with Crippen LogP contribution in [0.15, 0.2) is 64.2 Å². The van der Waals surface area contributed by atoms with Crippen molar-refractivity contribution in [2.45, 2.75) is 6.18 Å². The van der Waals surface area contributed by atoms with Gasteiger partial charge in [-0.1, -0.05) is 29.5 Å². The highest BCUT2D eigenvalue weighted by atomic mass is 32.1. The maximum Gasteiger partial charge on any atom is 0.431 e. The van der Waals surface area contributed by atoms with E-state index in [4.69, 9.17) is 0 Å². The van der Waals surface area contributed by atoms with Gasteiger partial charge in [0, 0.05) is 18.7 Å². The third-order valence-electron chi connectivity index (χ3n) is 4.49. The first-order valence-electron chi connectivity index (χ1n) is 8.83. The topological polar surface area (TPSA) is 86.0 Å². The molecule has 31 heavy (non-hydrogen) atoms. The van der Waals surface area contributed by atoms with Gasteiger partial charge in [0.1, 0.15) is 5.69 Å². The number of benzene rings is 2. The lowest BCUT2D eigenvalue weighted by atomic mass is 10.2. The molecule has 4 rings (SSSR count). The van der Waals surface area contributed by atoms with Crippen molar-refractivity contribution in [3.8, 4) is 5.69 Å². The number of nitrogens with zero attached hydrogens (tertiary/aromatic N) is 3. The van der Waals surface area contributed by atoms with Crippen molar-refractivity contribution < 1.29 is 18.0 Å². The smallest absolute Gasteiger partial charge is 0.298 e. The van der Waals surface area contributed by atoms with Gasteiger partial charge < -0.3 is 0 Å². The third kappa shape index (κ3) is 3.87. The summed E-state index contributed by atoms with van der Waals surface area (Å²) in [6, 6.07) is 13.1. The van der Waals surface area contributed by atoms with Crippen LogP contribution < -0.4 is 16.6 Å². The zero-order valence-electron chi connectivity index (χ0n) is 15.8. The lowest BCUT2D eigenvalue weighted by Crippen LogP contribution is -2.40. The Morgan fingerprint density at radius 1 is 1.06 bits per heavy atom. The van der Waals surface area contributed by atoms with Gasteiger partial charge in [-0.05, 0) is 30.3 Å². The number of anilines is 1. The molecule has 7 nitrogen and oxygen atoms in total. The molecule has 0 saturated carbocycles. The average Bonchev–Trinajstić information content (AvgIpc) is 3.12. The molecule has 1 amide bonds. The number of amides is 1. The zero-order valence-corrected chi connectivity index (χ0v) is 16.6. The summed E-state index contributed by atoms with van der Waals surface area (Å²) in [6.07, 6.45) is -4.86. The molecule has 2 heterocycles. The van der Waals surface area contributed by atoms with E-state index in [-0.39, 0.29) is 11.3 Å². The molecule has 0 fully saturated rings. The number of thiazole rings is 1. The summed E-state index contributed by atoms with van der Waals surface area (Å²) in [5.41, 5.74) is -2.90. The van der Waals surface area contributed by atoms with E-state index in [0.717, 1.165) is 17.3 Å². The fourth-order valence-corrected chi connectivity index (χ4v) is 3.88. The molecular formula is C20H13F3N4O3S. The van der Waals surface area contributed by atoms with E-state index in [1.165, 1.54) is 35.6 Å². The molecule has 0 atom stereocenters. The Labute approximate surface area is 176 Å². The number of aromatic nitrogens is 3. The average molecular weight is 446 g/mol. The molecule has 0 saturated heterocycles. The monoisotopic (exact) mass is 446 g/mol. The lowest BCUT2D eigenvalue weighted by molar-refractivity contribution is -0.144. The Morgan fingerprint density at radius 2 is 1.81 bits per heavy atom. The van der Waals surface area contributed by atoms with Crippen molar-refractivity contribution in [2.75, 3.05) is 5.32 Å². The van der Waals surface area contributed by atoms with Gasteiger partial charge in [0.15, 0.2) is 5.13 Å². The number of hydrogen-bond donors (Lipinski definition) is 1. The fourth-order valence-electron chi connectivity index (χ4n) is 3.02. The molecule has 0 bridgehead atoms. The van der Waals surface area contributed by atoms with E-state index in [1.807, 2.05) is 18.2 Å². The van der Waals surface area contributed by atoms with Gasteiger partial charge in [-0.2, -0.15) is 13.2 Å². The molecule has 0 aliphatic heterocycles. The summed E-state index contributed by atoms with van der Waals surface area (Å²) in [5.74, 6) is -0.544. The largest absolute Gasteiger partial charge is 0.431 e. The third-order valence-corrected chi connectivity index (χ3v) is 5.44. The molecule has 0 unspecified atom stereocenters. The van der Waals surface area contributed by atoms with Gasteiger partial charge in [0.2, 0.25) is 0 Å². The van der Waals surface area contributed by atoms with Crippen molar-refractivity contribution in [1.82, 2.24) is 14.1 Å². The van der Waals surface area contributed by atoms with Gasteiger partial charge in [-0.15, -0.1) is 0 Å². The summed E-state index contributed by atoms with van der Waals surface area (Å²) < 4.78 is 40.9. The number of halogens is 3. The molecule has 0 aliphatic carbocycles. The Kier molecular flexibility index (Phi) is 4.97. The number of rotatable bonds is 3. The Hall–Kier alpha value is -3.73. The Bertz CT molecular complexity index is 1400. The van der Waals surface area contributed by atoms with Gasteiger partial charge in [-0.3, -0.25) is 19.5 Å². The highest BCUT2D eigenvalue weighted by Crippen LogP contribution is 2.27. The minimum Gasteiger partial charge on any atom is -0.298 e. The molecular weight excluding hydrogens is 433 g/mol. The maximum absolute atomic E-state index is 13.0. The number of alkyl halides is 3. The fraction of sp³-hybridized carbons (Fsp3) is 0.100. The molecule has 0 spiro atoms. The number of carbonyl (C=O) groups excluding carboxylic acids is 1. The molecule has 11 heteroatoms. The number of nitrogens with one attached hydrogen (secondary N) is 1. The maximum atomic E-state index is 13.0. The van der Waals surface area contributed by atoms with E-state index >= 15 is 0 Å². The first kappa shape index (κ1) is 20.5. The molecule has 0 aliphatic rings. The van der Waals surface area contributed by atoms with E-state index in [2.05, 4.69) is 10.3 Å². The molecule has 0 radical (unpaired) electrons. The van der Waals surface area contributed by atoms with Crippen LogP contribution in [0.3, 0.4) is 0 Å². The van der Waals surface area contributed by atoms with Gasteiger partial charge >= 0.3 is 11.9 Å². The van der Waals surface area contributed by atoms with E-state index in [0.29, 0.717) is 20.3 Å². The first-order valence-corrected chi connectivity index (χ1v) is 9.64. The van der Waals surface area contributed by atoms with Crippen LogP contribution in [0.5, 0.6) is 0 Å². The summed E-state index contributed by atoms with van der Waals surface area (Å²) in [7, 11) is 0.921. The highest BCUT2D eigenvalue weighted by Gasteiger charge is 2.35. The van der Waals surface area contributed by atoms with Crippen molar-refractivity contribution in [3.63, 3.8) is 0 Å². The van der Waals surface area contributed by atoms with Gasteiger partial charge in [0.05, 0.1) is 15.9 Å². The van der Waals surface area contributed by atoms with Crippen LogP contribution in [0, 0.1) is 0 Å². The summed E-state index contributed by atoms with van der Waals surface area (Å²) in [5, 5.41) is 3.01. The van der Waals surface area contributed by atoms with E-state index < -0.39 is 29.0 Å². The number of carbonyl (C=O) groups is 1. The predicted molar refractivity (Wildman–Crippen MR) is 110 cm³/mol. The van der Waals surface area contributed by atoms with Crippen molar-refractivity contribution in [3.05, 3.63) is 86.7 Å². The van der Waals surface area contributed by atoms with Crippen LogP contribution in [-0.2, 0) is 13.2 Å². The zero-order chi connectivity index (χ0) is 22.3. The predicted octanol–water partition coefficient (Wildman–Crippen LogP) is 3.42. The Balaban J connectivity index is 1.70. The summed E-state index contributed by atoms with van der Waals surface area (Å²) in [4.78, 5) is 41.7. The number of fused-ring (bicyclic) bond motifs is 1. The second kappa shape index (κ2) is 7.51. The first-order chi connectivity index (χ1) is 14.6. The molecule has 2 aromatic carbocycles. The van der Waals surface area contributed by atoms with Crippen LogP contribution in [-0.4, -0.2) is 20.0 Å². The van der Waals surface area contributed by atoms with Crippen molar-refractivity contribution in [2.24, 2.45) is 7.05 Å². The number of hydrogen-bond acceptors (Lipinski definition) is 5. The molecule has 4 aromatic rings. The summed E-state index contributed by atoms with van der Waals surface area (Å²) in [6.45, 7) is 0. The SMILES string of the molecule is Cn1c(C(F)(F)F)cc(=O)n(-c2cccc(C(=O)Nc3nc4ccccc4s3)c2)c1=O. The van der Waals surface area contributed by atoms with Crippen LogP contribution in [0.2, 0.25) is 0 Å². The van der Waals surface area contributed by atoms with Crippen molar-refractivity contribution >= 4 is 32.6 Å². The van der Waals surface area contributed by atoms with Crippen LogP contribution in [0.25, 0.3) is 15.9 Å². The van der Waals surface area contributed by atoms with Crippen LogP contribution in [0.4, 0.5) is 18.3 Å². The second-order valence-corrected chi connectivity index (χ2v) is 7.56. The normalized spacial score (nSPS) is 11.6. The molecule has 158 valence electrons. The van der Waals surface area contributed by atoms with E-state index in [1.54, 1.807) is 6.07 Å². The van der Waals surface area contributed by atoms with Crippen molar-refractivity contribution in [1.29, 1.82) is 0 Å². The summed E-state index contributed by atoms with van der Waals surface area (Å²) >= 11 is 1.27. The van der Waals surface area contributed by atoms with E-state index in [9.17, 15) is 27.6 Å². The Morgan fingerprint density at radius 3 is 2.52 bits per heavy atom. The van der Waals surface area contributed by atoms with Crippen LogP contribution in [0.1, 0.15) is 16.1 Å². The minimum atomic E-state index is -4.86. The lowest BCUT2D eigenvalue weighted by Gasteiger charge is -2.14. The van der Waals surface area contributed by atoms with Gasteiger partial charge in [0.25, 0.3) is 11.5 Å². The second-order valence-electron chi connectivity index (χ2n) is 6.53. The quantitative estimate of drug-likeness (QED) is 0.523. The minimum absolute atomic E-state index is 0.0312. The molecule has 2 aromatic heterocycles. The standard InChI is InChI=1S/C20H13F3N4O3S/c1-26-15(20(21,22)23)10-16(28)27(19(26)30)12-6-4-5-11(9-12)17(29)25-18-24-13-7-2-3-8-14(13)31-18/h2-10H,1H3,(H,24,25,29). The van der Waals surface area contributed by atoms with Crippen LogP contribution >= 0.6 is 11.3 Å². The van der Waals surface area contributed by atoms with Gasteiger partial charge in [-0.25, -0.2) is 14.3 Å². The number of para-hydroxylation sites is 1. The molecule has 1 N–H and O–H groups in total.